The summed E-state index contributed by atoms with van der Waals surface area (Å²) in [6, 6.07) is 7.47. The number of hydrogen-bond donors (Lipinski definition) is 1. The Morgan fingerprint density at radius 2 is 1.70 bits per heavy atom. The summed E-state index contributed by atoms with van der Waals surface area (Å²) in [4.78, 5) is 27.0. The highest BCUT2D eigenvalue weighted by atomic mass is 32.2. The van der Waals surface area contributed by atoms with E-state index in [1.54, 1.807) is 6.92 Å². The smallest absolute Gasteiger partial charge is 0.244 e. The van der Waals surface area contributed by atoms with Gasteiger partial charge in [-0.15, -0.1) is 11.8 Å². The average molecular weight is 413 g/mol. The predicted molar refractivity (Wildman–Crippen MR) is 109 cm³/mol. The maximum atomic E-state index is 12.4. The number of benzene rings is 1. The fourth-order valence-corrected chi connectivity index (χ4v) is 4.66. The van der Waals surface area contributed by atoms with Gasteiger partial charge in [-0.1, -0.05) is 32.9 Å². The number of carbonyl (C=O) groups excluding carboxylic acids is 2. The number of nitrogens with one attached hydrogen (secondary N) is 1. The molecule has 27 heavy (non-hydrogen) atoms. The van der Waals surface area contributed by atoms with Crippen LogP contribution >= 0.6 is 11.8 Å². The van der Waals surface area contributed by atoms with Gasteiger partial charge in [0.2, 0.25) is 11.8 Å². The molecule has 1 fully saturated rings. The minimum Gasteiger partial charge on any atom is -0.344 e. The van der Waals surface area contributed by atoms with Gasteiger partial charge in [0.1, 0.15) is 6.04 Å². The van der Waals surface area contributed by atoms with Gasteiger partial charge in [-0.3, -0.25) is 9.59 Å². The Kier molecular flexibility index (Phi) is 6.97. The summed E-state index contributed by atoms with van der Waals surface area (Å²) < 4.78 is 22.9. The van der Waals surface area contributed by atoms with Crippen molar-refractivity contribution in [1.29, 1.82) is 0 Å². The van der Waals surface area contributed by atoms with Crippen LogP contribution in [0.4, 0.5) is 0 Å². The van der Waals surface area contributed by atoms with E-state index in [0.29, 0.717) is 0 Å². The molecule has 1 saturated heterocycles. The maximum Gasteiger partial charge on any atom is 0.244 e. The van der Waals surface area contributed by atoms with Crippen molar-refractivity contribution in [3.63, 3.8) is 0 Å². The quantitative estimate of drug-likeness (QED) is 0.746. The van der Waals surface area contributed by atoms with E-state index in [0.717, 1.165) is 4.90 Å². The second-order valence-corrected chi connectivity index (χ2v) is 11.2. The molecule has 0 saturated carbocycles. The molecule has 6 nitrogen and oxygen atoms in total. The lowest BCUT2D eigenvalue weighted by molar-refractivity contribution is -0.135. The van der Waals surface area contributed by atoms with Crippen LogP contribution in [-0.4, -0.2) is 61.5 Å². The van der Waals surface area contributed by atoms with Crippen molar-refractivity contribution in [2.24, 2.45) is 0 Å². The van der Waals surface area contributed by atoms with E-state index in [9.17, 15) is 18.0 Å². The lowest BCUT2D eigenvalue weighted by Gasteiger charge is -2.29. The van der Waals surface area contributed by atoms with Gasteiger partial charge < -0.3 is 10.2 Å². The Bertz CT molecular complexity index is 769. The molecule has 150 valence electrons. The lowest BCUT2D eigenvalue weighted by Crippen LogP contribution is -2.52. The summed E-state index contributed by atoms with van der Waals surface area (Å²) in [6.07, 6.45) is 0. The first-order valence-corrected chi connectivity index (χ1v) is 11.8. The predicted octanol–water partition coefficient (Wildman–Crippen LogP) is 1.84. The zero-order valence-electron chi connectivity index (χ0n) is 16.3. The van der Waals surface area contributed by atoms with Gasteiger partial charge in [0.25, 0.3) is 0 Å². The Labute approximate surface area is 166 Å². The highest BCUT2D eigenvalue weighted by Gasteiger charge is 2.28. The molecule has 1 aromatic rings. The van der Waals surface area contributed by atoms with Gasteiger partial charge in [-0.05, 0) is 30.0 Å². The summed E-state index contributed by atoms with van der Waals surface area (Å²) in [5.41, 5.74) is 1.32. The first kappa shape index (κ1) is 21.8. The van der Waals surface area contributed by atoms with Gasteiger partial charge in [-0.25, -0.2) is 8.42 Å². The summed E-state index contributed by atoms with van der Waals surface area (Å²) in [6.45, 7) is 8.47. The Balaban J connectivity index is 1.80. The van der Waals surface area contributed by atoms with E-state index in [4.69, 9.17) is 0 Å². The van der Waals surface area contributed by atoms with Crippen molar-refractivity contribution in [3.8, 4) is 0 Å². The minimum absolute atomic E-state index is 0.0141. The summed E-state index contributed by atoms with van der Waals surface area (Å²) in [5, 5.41) is 2.70. The van der Waals surface area contributed by atoms with Crippen molar-refractivity contribution < 1.29 is 18.0 Å². The van der Waals surface area contributed by atoms with Crippen LogP contribution in [0.2, 0.25) is 0 Å². The third kappa shape index (κ3) is 6.53. The molecule has 1 aliphatic rings. The topological polar surface area (TPSA) is 83.6 Å². The van der Waals surface area contributed by atoms with Gasteiger partial charge in [0, 0.05) is 18.0 Å². The molecule has 1 unspecified atom stereocenters. The second kappa shape index (κ2) is 8.65. The first-order chi connectivity index (χ1) is 12.5. The molecule has 0 aliphatic carbocycles. The fourth-order valence-electron chi connectivity index (χ4n) is 2.75. The van der Waals surface area contributed by atoms with Crippen LogP contribution in [0.25, 0.3) is 0 Å². The van der Waals surface area contributed by atoms with Gasteiger partial charge in [0.05, 0.1) is 17.3 Å². The Hall–Kier alpha value is -1.54. The number of sulfone groups is 1. The normalized spacial score (nSPS) is 18.0. The summed E-state index contributed by atoms with van der Waals surface area (Å²) in [5.74, 6) is -0.260. The average Bonchev–Trinajstić information content (AvgIpc) is 2.59. The molecule has 0 spiro atoms. The highest BCUT2D eigenvalue weighted by molar-refractivity contribution is 8.00. The zero-order valence-corrected chi connectivity index (χ0v) is 18.0. The van der Waals surface area contributed by atoms with Crippen LogP contribution in [-0.2, 0) is 24.8 Å². The minimum atomic E-state index is -3.03. The van der Waals surface area contributed by atoms with Crippen molar-refractivity contribution >= 4 is 33.4 Å². The monoisotopic (exact) mass is 412 g/mol. The fraction of sp³-hybridized carbons (Fsp3) is 0.579. The summed E-state index contributed by atoms with van der Waals surface area (Å²) >= 11 is 1.42. The van der Waals surface area contributed by atoms with Crippen LogP contribution in [0.15, 0.2) is 29.2 Å². The van der Waals surface area contributed by atoms with Crippen molar-refractivity contribution in [2.75, 3.05) is 30.3 Å². The van der Waals surface area contributed by atoms with E-state index >= 15 is 0 Å². The number of thioether (sulfide) groups is 1. The highest BCUT2D eigenvalue weighted by Crippen LogP contribution is 2.25. The Morgan fingerprint density at radius 3 is 2.22 bits per heavy atom. The SMILES string of the molecule is CC(NC(=O)CSc1ccc(C(C)(C)C)cc1)C(=O)N1CCS(=O)(=O)CC1. The van der Waals surface area contributed by atoms with E-state index in [2.05, 4.69) is 38.2 Å². The van der Waals surface area contributed by atoms with Crippen LogP contribution in [0.5, 0.6) is 0 Å². The van der Waals surface area contributed by atoms with Crippen molar-refractivity contribution in [3.05, 3.63) is 29.8 Å². The van der Waals surface area contributed by atoms with Gasteiger partial charge in [0.15, 0.2) is 9.84 Å². The van der Waals surface area contributed by atoms with Crippen LogP contribution in [0, 0.1) is 0 Å². The standard InChI is InChI=1S/C19H28N2O4S2/c1-14(18(23)21-9-11-27(24,25)12-10-21)20-17(22)13-26-16-7-5-15(6-8-16)19(2,3)4/h5-8,14H,9-13H2,1-4H3,(H,20,22). The van der Waals surface area contributed by atoms with E-state index in [1.807, 2.05) is 12.1 Å². The van der Waals surface area contributed by atoms with E-state index in [-0.39, 0.29) is 47.6 Å². The first-order valence-electron chi connectivity index (χ1n) is 9.00. The van der Waals surface area contributed by atoms with E-state index in [1.165, 1.54) is 22.2 Å². The number of carbonyl (C=O) groups is 2. The third-order valence-corrected chi connectivity index (χ3v) is 7.12. The van der Waals surface area contributed by atoms with Crippen LogP contribution in [0.3, 0.4) is 0 Å². The van der Waals surface area contributed by atoms with Crippen LogP contribution in [0.1, 0.15) is 33.3 Å². The molecular weight excluding hydrogens is 384 g/mol. The number of nitrogens with zero attached hydrogens (tertiary/aromatic N) is 1. The number of amides is 2. The molecule has 0 aromatic heterocycles. The molecule has 2 amide bonds. The number of rotatable bonds is 5. The molecule has 2 rings (SSSR count). The molecule has 0 bridgehead atoms. The Morgan fingerprint density at radius 1 is 1.15 bits per heavy atom. The molecule has 0 radical (unpaired) electrons. The largest absolute Gasteiger partial charge is 0.344 e. The third-order valence-electron chi connectivity index (χ3n) is 4.49. The number of hydrogen-bond acceptors (Lipinski definition) is 5. The molecule has 1 aliphatic heterocycles. The molecule has 1 atom stereocenters. The summed E-state index contributed by atoms with van der Waals surface area (Å²) in [7, 11) is -3.03. The lowest BCUT2D eigenvalue weighted by atomic mass is 9.87. The second-order valence-electron chi connectivity index (χ2n) is 7.83. The molecule has 1 aromatic carbocycles. The van der Waals surface area contributed by atoms with E-state index < -0.39 is 15.9 Å². The molecule has 1 N–H and O–H groups in total. The van der Waals surface area contributed by atoms with Gasteiger partial charge in [-0.2, -0.15) is 0 Å². The van der Waals surface area contributed by atoms with Crippen molar-refractivity contribution in [1.82, 2.24) is 10.2 Å². The molecule has 1 heterocycles. The van der Waals surface area contributed by atoms with Crippen LogP contribution < -0.4 is 5.32 Å². The molecule has 8 heteroatoms. The maximum absolute atomic E-state index is 12.4. The van der Waals surface area contributed by atoms with Gasteiger partial charge >= 0.3 is 0 Å². The van der Waals surface area contributed by atoms with Crippen molar-refractivity contribution in [2.45, 2.75) is 44.0 Å². The zero-order chi connectivity index (χ0) is 20.2. The molecular formula is C19H28N2O4S2.